The number of hydrogen-bond donors (Lipinski definition) is 1. The number of hydrogen-bond acceptors (Lipinski definition) is 1. The number of aromatic amines is 1. The molecule has 7 heavy (non-hydrogen) atoms. The Kier molecular flexibility index (Phi) is 1.53. The van der Waals surface area contributed by atoms with Crippen molar-refractivity contribution >= 4 is 34.2 Å². The zero-order chi connectivity index (χ0) is 5.28. The van der Waals surface area contributed by atoms with Crippen molar-refractivity contribution < 1.29 is 0 Å². The summed E-state index contributed by atoms with van der Waals surface area (Å²) in [6.07, 6.45) is 1.64. The second kappa shape index (κ2) is 2.00. The molecule has 0 aromatic carbocycles. The molecule has 0 bridgehead atoms. The Morgan fingerprint density at radius 1 is 1.86 bits per heavy atom. The van der Waals surface area contributed by atoms with E-state index in [9.17, 15) is 0 Å². The van der Waals surface area contributed by atoms with Crippen molar-refractivity contribution in [3.63, 3.8) is 0 Å². The standard InChI is InChI=1S/C3H2ClIN2/c4-2-1-6-7-3(2)5/h1H,(H,6,7). The van der Waals surface area contributed by atoms with Gasteiger partial charge in [-0.25, -0.2) is 0 Å². The van der Waals surface area contributed by atoms with Crippen LogP contribution in [0.5, 0.6) is 0 Å². The molecule has 0 saturated carbocycles. The molecular weight excluding hydrogens is 226 g/mol. The molecule has 1 rings (SSSR count). The molecule has 4 heteroatoms. The van der Waals surface area contributed by atoms with Crippen molar-refractivity contribution in [3.05, 3.63) is 14.9 Å². The van der Waals surface area contributed by atoms with Crippen molar-refractivity contribution in [3.8, 4) is 0 Å². The number of nitrogens with one attached hydrogen (secondary N) is 1. The van der Waals surface area contributed by atoms with Crippen LogP contribution < -0.4 is 0 Å². The summed E-state index contributed by atoms with van der Waals surface area (Å²) < 4.78 is 0.819. The fourth-order valence-corrected chi connectivity index (χ4v) is 0.645. The van der Waals surface area contributed by atoms with E-state index in [0.29, 0.717) is 5.02 Å². The van der Waals surface area contributed by atoms with Crippen molar-refractivity contribution in [1.29, 1.82) is 0 Å². The van der Waals surface area contributed by atoms with Gasteiger partial charge >= 0.3 is 0 Å². The fraction of sp³-hybridized carbons (Fsp3) is 0. The van der Waals surface area contributed by atoms with Crippen LogP contribution in [0.4, 0.5) is 0 Å². The zero-order valence-corrected chi connectivity index (χ0v) is 6.19. The summed E-state index contributed by atoms with van der Waals surface area (Å²) in [6, 6.07) is 0. The van der Waals surface area contributed by atoms with Crippen LogP contribution in [0, 0.1) is 3.70 Å². The molecule has 1 aromatic rings. The van der Waals surface area contributed by atoms with Gasteiger partial charge in [-0.3, -0.25) is 5.10 Å². The summed E-state index contributed by atoms with van der Waals surface area (Å²) in [4.78, 5) is 0. The predicted molar refractivity (Wildman–Crippen MR) is 36.3 cm³/mol. The molecule has 38 valence electrons. The van der Waals surface area contributed by atoms with Gasteiger partial charge in [0.1, 0.15) is 3.70 Å². The zero-order valence-electron chi connectivity index (χ0n) is 3.28. The van der Waals surface area contributed by atoms with Crippen LogP contribution in [-0.2, 0) is 0 Å². The van der Waals surface area contributed by atoms with Crippen LogP contribution in [0.1, 0.15) is 0 Å². The van der Waals surface area contributed by atoms with Crippen molar-refractivity contribution in [2.75, 3.05) is 0 Å². The predicted octanol–water partition coefficient (Wildman–Crippen LogP) is 1.67. The highest BCUT2D eigenvalue weighted by atomic mass is 127. The van der Waals surface area contributed by atoms with Gasteiger partial charge in [-0.2, -0.15) is 5.10 Å². The largest absolute Gasteiger partial charge is 0.283 e. The third kappa shape index (κ3) is 1.07. The number of rotatable bonds is 0. The summed E-state index contributed by atoms with van der Waals surface area (Å²) in [5, 5.41) is 7.04. The molecule has 0 aliphatic rings. The minimum Gasteiger partial charge on any atom is -0.283 e. The molecule has 0 amide bonds. The van der Waals surface area contributed by atoms with Crippen LogP contribution in [0.3, 0.4) is 0 Å². The third-order valence-electron chi connectivity index (χ3n) is 0.551. The first-order valence-electron chi connectivity index (χ1n) is 1.65. The normalized spacial score (nSPS) is 9.43. The molecule has 0 aliphatic carbocycles. The van der Waals surface area contributed by atoms with E-state index in [1.54, 1.807) is 6.20 Å². The highest BCUT2D eigenvalue weighted by molar-refractivity contribution is 14.1. The monoisotopic (exact) mass is 228 g/mol. The number of H-pyrrole nitrogens is 1. The topological polar surface area (TPSA) is 28.7 Å². The summed E-state index contributed by atoms with van der Waals surface area (Å²) in [5.41, 5.74) is 0. The first-order chi connectivity index (χ1) is 3.30. The van der Waals surface area contributed by atoms with Gasteiger partial charge < -0.3 is 0 Å². The van der Waals surface area contributed by atoms with Crippen LogP contribution in [0.15, 0.2) is 6.20 Å². The van der Waals surface area contributed by atoms with E-state index in [2.05, 4.69) is 10.2 Å². The van der Waals surface area contributed by atoms with Gasteiger partial charge in [0.15, 0.2) is 0 Å². The molecule has 1 N–H and O–H groups in total. The van der Waals surface area contributed by atoms with Crippen LogP contribution in [0.2, 0.25) is 5.02 Å². The first kappa shape index (κ1) is 5.37. The fourth-order valence-electron chi connectivity index (χ4n) is 0.259. The maximum absolute atomic E-state index is 5.52. The Balaban J connectivity index is 3.12. The Hall–Kier alpha value is 0.230. The summed E-state index contributed by atoms with van der Waals surface area (Å²) in [6.45, 7) is 0. The number of halogens is 2. The maximum Gasteiger partial charge on any atom is 0.141 e. The number of nitrogens with zero attached hydrogens (tertiary/aromatic N) is 1. The van der Waals surface area contributed by atoms with Crippen LogP contribution >= 0.6 is 34.2 Å². The van der Waals surface area contributed by atoms with E-state index in [4.69, 9.17) is 11.6 Å². The van der Waals surface area contributed by atoms with E-state index >= 15 is 0 Å². The van der Waals surface area contributed by atoms with Crippen LogP contribution in [-0.4, -0.2) is 10.2 Å². The van der Waals surface area contributed by atoms with Crippen molar-refractivity contribution in [1.82, 2.24) is 10.2 Å². The Labute approximate surface area is 59.4 Å². The van der Waals surface area contributed by atoms with Gasteiger partial charge in [-0.1, -0.05) is 11.6 Å². The highest BCUT2D eigenvalue weighted by Gasteiger charge is 1.93. The van der Waals surface area contributed by atoms with E-state index in [1.807, 2.05) is 22.6 Å². The summed E-state index contributed by atoms with van der Waals surface area (Å²) >= 11 is 7.57. The molecular formula is C3H2ClIN2. The second-order valence-corrected chi connectivity index (χ2v) is 2.45. The van der Waals surface area contributed by atoms with Gasteiger partial charge in [0, 0.05) is 6.20 Å². The smallest absolute Gasteiger partial charge is 0.141 e. The van der Waals surface area contributed by atoms with Gasteiger partial charge in [0.05, 0.1) is 5.02 Å². The number of aromatic nitrogens is 2. The summed E-state index contributed by atoms with van der Waals surface area (Å²) in [5.74, 6) is 0. The highest BCUT2D eigenvalue weighted by Crippen LogP contribution is 2.12. The van der Waals surface area contributed by atoms with Crippen molar-refractivity contribution in [2.24, 2.45) is 0 Å². The average Bonchev–Trinajstić information content (AvgIpc) is 1.91. The van der Waals surface area contributed by atoms with E-state index in [1.165, 1.54) is 0 Å². The lowest BCUT2D eigenvalue weighted by molar-refractivity contribution is 1.07. The van der Waals surface area contributed by atoms with Gasteiger partial charge in [-0.05, 0) is 22.6 Å². The Morgan fingerprint density at radius 3 is 2.71 bits per heavy atom. The maximum atomic E-state index is 5.52. The molecule has 1 heterocycles. The van der Waals surface area contributed by atoms with E-state index < -0.39 is 0 Å². The van der Waals surface area contributed by atoms with Crippen molar-refractivity contribution in [2.45, 2.75) is 0 Å². The molecule has 0 radical (unpaired) electrons. The molecule has 0 spiro atoms. The second-order valence-electron chi connectivity index (χ2n) is 1.02. The van der Waals surface area contributed by atoms with Gasteiger partial charge in [0.25, 0.3) is 0 Å². The SMILES string of the molecule is Clc1c[nH]nc1I. The van der Waals surface area contributed by atoms with E-state index in [0.717, 1.165) is 3.70 Å². The van der Waals surface area contributed by atoms with Gasteiger partial charge in [0.2, 0.25) is 0 Å². The molecule has 0 atom stereocenters. The quantitative estimate of drug-likeness (QED) is 0.672. The molecule has 1 aromatic heterocycles. The lowest BCUT2D eigenvalue weighted by Crippen LogP contribution is -1.65. The first-order valence-corrected chi connectivity index (χ1v) is 3.11. The summed E-state index contributed by atoms with van der Waals surface area (Å²) in [7, 11) is 0. The minimum absolute atomic E-state index is 0.681. The average molecular weight is 228 g/mol. The molecule has 0 saturated heterocycles. The molecule has 2 nitrogen and oxygen atoms in total. The third-order valence-corrected chi connectivity index (χ3v) is 1.98. The van der Waals surface area contributed by atoms with E-state index in [-0.39, 0.29) is 0 Å². The molecule has 0 unspecified atom stereocenters. The lowest BCUT2D eigenvalue weighted by Gasteiger charge is -1.71. The molecule has 0 aliphatic heterocycles. The minimum atomic E-state index is 0.681. The van der Waals surface area contributed by atoms with Crippen LogP contribution in [0.25, 0.3) is 0 Å². The van der Waals surface area contributed by atoms with Gasteiger partial charge in [-0.15, -0.1) is 0 Å². The Morgan fingerprint density at radius 2 is 2.57 bits per heavy atom. The lowest BCUT2D eigenvalue weighted by atomic mass is 10.8. The molecule has 0 fully saturated rings. The Bertz CT molecular complexity index is 145.